The molecule has 2 heterocycles. The van der Waals surface area contributed by atoms with Crippen molar-refractivity contribution in [2.75, 3.05) is 5.32 Å². The van der Waals surface area contributed by atoms with Gasteiger partial charge in [0.15, 0.2) is 5.82 Å². The van der Waals surface area contributed by atoms with Crippen LogP contribution in [0.2, 0.25) is 5.02 Å². The summed E-state index contributed by atoms with van der Waals surface area (Å²) in [6.45, 7) is 4.64. The minimum absolute atomic E-state index is 0.122. The van der Waals surface area contributed by atoms with Crippen LogP contribution in [-0.4, -0.2) is 19.9 Å². The van der Waals surface area contributed by atoms with Crippen LogP contribution in [0.4, 0.5) is 5.69 Å². The van der Waals surface area contributed by atoms with Crippen molar-refractivity contribution in [3.05, 3.63) is 33.3 Å². The van der Waals surface area contributed by atoms with E-state index in [-0.39, 0.29) is 10.6 Å². The highest BCUT2D eigenvalue weighted by molar-refractivity contribution is 6.32. The predicted molar refractivity (Wildman–Crippen MR) is 74.8 cm³/mol. The zero-order valence-corrected chi connectivity index (χ0v) is 12.1. The first-order valence-corrected chi connectivity index (χ1v) is 6.78. The minimum Gasteiger partial charge on any atom is -0.375 e. The quantitative estimate of drug-likeness (QED) is 0.877. The molecule has 0 aromatic carbocycles. The number of halogens is 1. The summed E-state index contributed by atoms with van der Waals surface area (Å²) in [6.07, 6.45) is 3.41. The van der Waals surface area contributed by atoms with E-state index < -0.39 is 0 Å². The summed E-state index contributed by atoms with van der Waals surface area (Å²) in [4.78, 5) is 16.0. The predicted octanol–water partition coefficient (Wildman–Crippen LogP) is 2.00. The van der Waals surface area contributed by atoms with Gasteiger partial charge in [-0.1, -0.05) is 30.1 Å². The fraction of sp³-hybridized carbons (Fsp3) is 0.500. The van der Waals surface area contributed by atoms with Gasteiger partial charge in [0.1, 0.15) is 5.02 Å². The molecule has 2 rings (SSSR count). The summed E-state index contributed by atoms with van der Waals surface area (Å²) in [6, 6.07) is 0. The van der Waals surface area contributed by atoms with Gasteiger partial charge >= 0.3 is 0 Å². The molecule has 2 aromatic heterocycles. The number of unbranched alkanes of at least 4 members (excludes halogenated alkanes) is 1. The molecule has 0 amide bonds. The van der Waals surface area contributed by atoms with Gasteiger partial charge in [-0.15, -0.1) is 0 Å². The van der Waals surface area contributed by atoms with E-state index in [1.165, 1.54) is 10.9 Å². The molecule has 0 atom stereocenters. The van der Waals surface area contributed by atoms with E-state index in [2.05, 4.69) is 27.5 Å². The first-order chi connectivity index (χ1) is 9.61. The third kappa shape index (κ3) is 3.36. The highest BCUT2D eigenvalue weighted by atomic mass is 35.5. The fourth-order valence-electron chi connectivity index (χ4n) is 1.64. The van der Waals surface area contributed by atoms with Gasteiger partial charge in [0, 0.05) is 13.5 Å². The number of nitrogens with one attached hydrogen (secondary N) is 1. The molecule has 0 saturated heterocycles. The number of nitrogens with zero attached hydrogens (tertiary/aromatic N) is 4. The van der Waals surface area contributed by atoms with Crippen molar-refractivity contribution in [2.24, 2.45) is 0 Å². The van der Waals surface area contributed by atoms with Crippen molar-refractivity contribution < 1.29 is 4.52 Å². The Morgan fingerprint density at radius 2 is 2.30 bits per heavy atom. The maximum atomic E-state index is 12.0. The number of anilines is 1. The highest BCUT2D eigenvalue weighted by Gasteiger charge is 2.10. The summed E-state index contributed by atoms with van der Waals surface area (Å²) in [7, 11) is 0. The Balaban J connectivity index is 2.09. The third-order valence-electron chi connectivity index (χ3n) is 2.71. The van der Waals surface area contributed by atoms with Crippen LogP contribution >= 0.6 is 11.6 Å². The normalized spacial score (nSPS) is 10.8. The summed E-state index contributed by atoms with van der Waals surface area (Å²) in [5, 5.41) is 10.9. The maximum absolute atomic E-state index is 12.0. The van der Waals surface area contributed by atoms with Gasteiger partial charge < -0.3 is 9.84 Å². The maximum Gasteiger partial charge on any atom is 0.287 e. The number of hydrogen-bond donors (Lipinski definition) is 1. The number of aryl methyl sites for hydroxylation is 2. The van der Waals surface area contributed by atoms with Crippen LogP contribution in [-0.2, 0) is 13.1 Å². The molecular weight excluding hydrogens is 282 g/mol. The van der Waals surface area contributed by atoms with Crippen LogP contribution in [0, 0.1) is 6.92 Å². The molecule has 0 saturated carbocycles. The topological polar surface area (TPSA) is 85.8 Å². The van der Waals surface area contributed by atoms with Gasteiger partial charge in [0.2, 0.25) is 5.89 Å². The lowest BCUT2D eigenvalue weighted by atomic mass is 10.3. The fourth-order valence-corrected chi connectivity index (χ4v) is 1.86. The molecular formula is C12H16ClN5O2. The molecule has 1 N–H and O–H groups in total. The van der Waals surface area contributed by atoms with Gasteiger partial charge in [-0.25, -0.2) is 4.68 Å². The smallest absolute Gasteiger partial charge is 0.287 e. The largest absolute Gasteiger partial charge is 0.375 e. The van der Waals surface area contributed by atoms with Crippen molar-refractivity contribution in [2.45, 2.75) is 39.8 Å². The van der Waals surface area contributed by atoms with Crippen molar-refractivity contribution >= 4 is 17.3 Å². The van der Waals surface area contributed by atoms with Crippen LogP contribution in [0.3, 0.4) is 0 Å². The second-order valence-corrected chi connectivity index (χ2v) is 4.72. The Morgan fingerprint density at radius 3 is 2.95 bits per heavy atom. The summed E-state index contributed by atoms with van der Waals surface area (Å²) >= 11 is 6.05. The van der Waals surface area contributed by atoms with Crippen LogP contribution in [0.25, 0.3) is 0 Å². The van der Waals surface area contributed by atoms with E-state index in [0.29, 0.717) is 30.5 Å². The van der Waals surface area contributed by atoms with E-state index in [9.17, 15) is 4.79 Å². The van der Waals surface area contributed by atoms with Crippen LogP contribution < -0.4 is 10.9 Å². The molecule has 7 nitrogen and oxygen atoms in total. The summed E-state index contributed by atoms with van der Waals surface area (Å²) in [5.41, 5.74) is 0.168. The first kappa shape index (κ1) is 14.5. The van der Waals surface area contributed by atoms with Crippen molar-refractivity contribution in [1.82, 2.24) is 19.9 Å². The van der Waals surface area contributed by atoms with Crippen molar-refractivity contribution in [3.63, 3.8) is 0 Å². The number of rotatable bonds is 6. The Bertz CT molecular complexity index is 637. The highest BCUT2D eigenvalue weighted by Crippen LogP contribution is 2.16. The lowest BCUT2D eigenvalue weighted by Gasteiger charge is -2.08. The van der Waals surface area contributed by atoms with Crippen molar-refractivity contribution in [3.8, 4) is 0 Å². The number of aromatic nitrogens is 4. The minimum atomic E-state index is -0.297. The van der Waals surface area contributed by atoms with E-state index in [0.717, 1.165) is 12.8 Å². The van der Waals surface area contributed by atoms with Crippen LogP contribution in [0.15, 0.2) is 15.5 Å². The van der Waals surface area contributed by atoms with E-state index >= 15 is 0 Å². The van der Waals surface area contributed by atoms with Gasteiger partial charge in [-0.05, 0) is 6.42 Å². The van der Waals surface area contributed by atoms with E-state index in [1.807, 2.05) is 0 Å². The molecule has 2 aromatic rings. The molecule has 0 bridgehead atoms. The molecule has 0 fully saturated rings. The van der Waals surface area contributed by atoms with E-state index in [4.69, 9.17) is 16.1 Å². The zero-order chi connectivity index (χ0) is 14.5. The van der Waals surface area contributed by atoms with E-state index in [1.54, 1.807) is 6.92 Å². The Labute approximate surface area is 120 Å². The number of hydrogen-bond acceptors (Lipinski definition) is 6. The molecule has 0 aliphatic carbocycles. The summed E-state index contributed by atoms with van der Waals surface area (Å²) in [5.74, 6) is 0.981. The lowest BCUT2D eigenvalue weighted by molar-refractivity contribution is 0.388. The molecule has 8 heteroatoms. The average molecular weight is 298 g/mol. The second-order valence-electron chi connectivity index (χ2n) is 4.34. The van der Waals surface area contributed by atoms with Crippen molar-refractivity contribution in [1.29, 1.82) is 0 Å². The molecule has 20 heavy (non-hydrogen) atoms. The van der Waals surface area contributed by atoms with Gasteiger partial charge in [0.05, 0.1) is 18.4 Å². The van der Waals surface area contributed by atoms with Crippen LogP contribution in [0.1, 0.15) is 31.5 Å². The molecule has 0 aliphatic rings. The Hall–Kier alpha value is -1.89. The Kier molecular flexibility index (Phi) is 4.73. The lowest BCUT2D eigenvalue weighted by Crippen LogP contribution is -2.24. The van der Waals surface area contributed by atoms with Crippen LogP contribution in [0.5, 0.6) is 0 Å². The van der Waals surface area contributed by atoms with Gasteiger partial charge in [-0.2, -0.15) is 10.1 Å². The monoisotopic (exact) mass is 297 g/mol. The third-order valence-corrected chi connectivity index (χ3v) is 3.08. The Morgan fingerprint density at radius 1 is 1.50 bits per heavy atom. The second kappa shape index (κ2) is 6.51. The van der Waals surface area contributed by atoms with Gasteiger partial charge in [-0.3, -0.25) is 4.79 Å². The standard InChI is InChI=1S/C12H16ClN5O2/c1-3-4-5-18-12(19)11(13)9(6-15-18)14-7-10-16-8(2)20-17-10/h6,14H,3-5,7H2,1-2H3. The zero-order valence-electron chi connectivity index (χ0n) is 11.4. The SMILES string of the molecule is CCCCn1ncc(NCc2noc(C)n2)c(Cl)c1=O. The molecule has 0 aliphatic heterocycles. The first-order valence-electron chi connectivity index (χ1n) is 6.40. The van der Waals surface area contributed by atoms with Gasteiger partial charge in [0.25, 0.3) is 5.56 Å². The molecule has 0 unspecified atom stereocenters. The molecule has 0 radical (unpaired) electrons. The molecule has 108 valence electrons. The average Bonchev–Trinajstić information content (AvgIpc) is 2.85. The summed E-state index contributed by atoms with van der Waals surface area (Å²) < 4.78 is 6.23. The molecule has 0 spiro atoms.